The molecule has 3 heterocycles. The average Bonchev–Trinajstić information content (AvgIpc) is 3.20. The maximum Gasteiger partial charge on any atom is 0.322 e. The third-order valence-corrected chi connectivity index (χ3v) is 4.12. The van der Waals surface area contributed by atoms with E-state index in [1.807, 2.05) is 0 Å². The van der Waals surface area contributed by atoms with Gasteiger partial charge in [0.25, 0.3) is 5.89 Å². The van der Waals surface area contributed by atoms with E-state index in [1.54, 1.807) is 12.1 Å². The molecule has 23 heavy (non-hydrogen) atoms. The second-order valence-electron chi connectivity index (χ2n) is 5.84. The number of nitrogens with one attached hydrogen (secondary N) is 1. The zero-order valence-electron chi connectivity index (χ0n) is 12.9. The molecule has 1 aliphatic heterocycles. The minimum absolute atomic E-state index is 0.0461. The highest BCUT2D eigenvalue weighted by Crippen LogP contribution is 2.22. The van der Waals surface area contributed by atoms with Crippen molar-refractivity contribution in [1.82, 2.24) is 15.1 Å². The van der Waals surface area contributed by atoms with Crippen LogP contribution in [0, 0.1) is 5.92 Å². The molecule has 1 fully saturated rings. The van der Waals surface area contributed by atoms with Crippen LogP contribution in [0.5, 0.6) is 0 Å². The summed E-state index contributed by atoms with van der Waals surface area (Å²) < 4.78 is 10.5. The Morgan fingerprint density at radius 1 is 1.48 bits per heavy atom. The van der Waals surface area contributed by atoms with Gasteiger partial charge >= 0.3 is 6.01 Å². The summed E-state index contributed by atoms with van der Waals surface area (Å²) in [5, 5.41) is 19.5. The van der Waals surface area contributed by atoms with Crippen molar-refractivity contribution < 1.29 is 18.7 Å². The Bertz CT molecular complexity index is 640. The van der Waals surface area contributed by atoms with Crippen molar-refractivity contribution in [2.45, 2.75) is 25.8 Å². The van der Waals surface area contributed by atoms with Crippen LogP contribution in [0.4, 0.5) is 6.01 Å². The number of aliphatic hydroxyl groups excluding tert-OH is 1. The van der Waals surface area contributed by atoms with Gasteiger partial charge < -0.3 is 13.9 Å². The number of aliphatic hydroxyl groups is 1. The van der Waals surface area contributed by atoms with Gasteiger partial charge in [-0.25, -0.2) is 0 Å². The van der Waals surface area contributed by atoms with Crippen molar-refractivity contribution in [3.05, 3.63) is 18.4 Å². The number of anilines is 1. The second kappa shape index (κ2) is 6.93. The van der Waals surface area contributed by atoms with E-state index in [4.69, 9.17) is 8.83 Å². The van der Waals surface area contributed by atoms with Gasteiger partial charge in [0.1, 0.15) is 0 Å². The Morgan fingerprint density at radius 3 is 3.09 bits per heavy atom. The number of aromatic nitrogens is 2. The summed E-state index contributed by atoms with van der Waals surface area (Å²) in [5.74, 6) is 0.684. The van der Waals surface area contributed by atoms with E-state index in [0.29, 0.717) is 18.3 Å². The summed E-state index contributed by atoms with van der Waals surface area (Å²) in [7, 11) is 0. The smallest absolute Gasteiger partial charge is 0.322 e. The maximum atomic E-state index is 12.2. The van der Waals surface area contributed by atoms with E-state index in [1.165, 1.54) is 6.26 Å². The first-order valence-corrected chi connectivity index (χ1v) is 7.68. The number of hydrogen-bond acceptors (Lipinski definition) is 7. The lowest BCUT2D eigenvalue weighted by Gasteiger charge is -2.36. The van der Waals surface area contributed by atoms with Crippen molar-refractivity contribution in [3.63, 3.8) is 0 Å². The van der Waals surface area contributed by atoms with Gasteiger partial charge in [0.15, 0.2) is 5.76 Å². The third-order valence-electron chi connectivity index (χ3n) is 4.12. The Kier molecular flexibility index (Phi) is 4.73. The number of nitrogens with zero attached hydrogens (tertiary/aromatic N) is 3. The van der Waals surface area contributed by atoms with E-state index >= 15 is 0 Å². The maximum absolute atomic E-state index is 12.2. The van der Waals surface area contributed by atoms with Gasteiger partial charge in [-0.3, -0.25) is 15.0 Å². The number of hydrogen-bond donors (Lipinski definition) is 2. The van der Waals surface area contributed by atoms with E-state index in [0.717, 1.165) is 12.8 Å². The zero-order valence-corrected chi connectivity index (χ0v) is 12.9. The molecular weight excluding hydrogens is 300 g/mol. The lowest BCUT2D eigenvalue weighted by molar-refractivity contribution is -0.118. The largest absolute Gasteiger partial charge is 0.459 e. The summed E-state index contributed by atoms with van der Waals surface area (Å²) in [4.78, 5) is 14.2. The van der Waals surface area contributed by atoms with Crippen LogP contribution in [0.2, 0.25) is 0 Å². The van der Waals surface area contributed by atoms with Crippen molar-refractivity contribution in [1.29, 1.82) is 0 Å². The molecule has 2 aromatic rings. The predicted octanol–water partition coefficient (Wildman–Crippen LogP) is 1.36. The molecule has 124 valence electrons. The van der Waals surface area contributed by atoms with Crippen LogP contribution >= 0.6 is 0 Å². The van der Waals surface area contributed by atoms with E-state index in [-0.39, 0.29) is 36.9 Å². The fourth-order valence-corrected chi connectivity index (χ4v) is 2.75. The Labute approximate surface area is 133 Å². The SMILES string of the molecule is CC1CCC(CO)CN1CC(=O)Nc1nnc(-c2ccco2)o1. The van der Waals surface area contributed by atoms with Crippen LogP contribution in [-0.4, -0.2) is 51.8 Å². The van der Waals surface area contributed by atoms with E-state index < -0.39 is 0 Å². The number of likely N-dealkylation sites (tertiary alicyclic amines) is 1. The molecular formula is C15H20N4O4. The number of piperidine rings is 1. The molecule has 2 unspecified atom stereocenters. The summed E-state index contributed by atoms with van der Waals surface area (Å²) >= 11 is 0. The molecule has 1 amide bonds. The van der Waals surface area contributed by atoms with Gasteiger partial charge in [0, 0.05) is 19.2 Å². The average molecular weight is 320 g/mol. The third kappa shape index (κ3) is 3.77. The van der Waals surface area contributed by atoms with E-state index in [2.05, 4.69) is 27.3 Å². The van der Waals surface area contributed by atoms with Crippen molar-refractivity contribution >= 4 is 11.9 Å². The molecule has 1 aliphatic rings. The highest BCUT2D eigenvalue weighted by molar-refractivity contribution is 5.90. The zero-order chi connectivity index (χ0) is 16.2. The summed E-state index contributed by atoms with van der Waals surface area (Å²) in [5.41, 5.74) is 0. The van der Waals surface area contributed by atoms with Crippen molar-refractivity contribution in [3.8, 4) is 11.7 Å². The minimum atomic E-state index is -0.218. The fourth-order valence-electron chi connectivity index (χ4n) is 2.75. The molecule has 8 nitrogen and oxygen atoms in total. The summed E-state index contributed by atoms with van der Waals surface area (Å²) in [6.07, 6.45) is 3.47. The van der Waals surface area contributed by atoms with Crippen LogP contribution < -0.4 is 5.32 Å². The highest BCUT2D eigenvalue weighted by Gasteiger charge is 2.26. The first kappa shape index (κ1) is 15.7. The molecule has 2 N–H and O–H groups in total. The molecule has 0 saturated carbocycles. The van der Waals surface area contributed by atoms with Crippen LogP contribution in [0.15, 0.2) is 27.2 Å². The Balaban J connectivity index is 1.57. The second-order valence-corrected chi connectivity index (χ2v) is 5.84. The predicted molar refractivity (Wildman–Crippen MR) is 81.5 cm³/mol. The molecule has 8 heteroatoms. The lowest BCUT2D eigenvalue weighted by Crippen LogP contribution is -2.46. The van der Waals surface area contributed by atoms with Gasteiger partial charge in [-0.1, -0.05) is 5.10 Å². The van der Waals surface area contributed by atoms with Crippen LogP contribution in [0.1, 0.15) is 19.8 Å². The Hall–Kier alpha value is -2.19. The van der Waals surface area contributed by atoms with Crippen LogP contribution in [0.3, 0.4) is 0 Å². The number of furan rings is 1. The van der Waals surface area contributed by atoms with Gasteiger partial charge in [-0.2, -0.15) is 0 Å². The van der Waals surface area contributed by atoms with Gasteiger partial charge in [0.2, 0.25) is 5.91 Å². The van der Waals surface area contributed by atoms with Crippen LogP contribution in [-0.2, 0) is 4.79 Å². The molecule has 3 rings (SSSR count). The molecule has 0 aromatic carbocycles. The van der Waals surface area contributed by atoms with Crippen molar-refractivity contribution in [2.75, 3.05) is 25.0 Å². The molecule has 2 atom stereocenters. The molecule has 1 saturated heterocycles. The normalized spacial score (nSPS) is 22.2. The first-order chi connectivity index (χ1) is 11.2. The Morgan fingerprint density at radius 2 is 2.35 bits per heavy atom. The first-order valence-electron chi connectivity index (χ1n) is 7.68. The lowest BCUT2D eigenvalue weighted by atomic mass is 9.94. The number of carbonyl (C=O) groups is 1. The van der Waals surface area contributed by atoms with E-state index in [9.17, 15) is 9.90 Å². The van der Waals surface area contributed by atoms with Crippen molar-refractivity contribution in [2.24, 2.45) is 5.92 Å². The van der Waals surface area contributed by atoms with Gasteiger partial charge in [-0.05, 0) is 37.8 Å². The quantitative estimate of drug-likeness (QED) is 0.857. The molecule has 0 spiro atoms. The number of rotatable bonds is 5. The molecule has 2 aromatic heterocycles. The molecule has 0 aliphatic carbocycles. The van der Waals surface area contributed by atoms with Gasteiger partial charge in [0.05, 0.1) is 12.8 Å². The fraction of sp³-hybridized carbons (Fsp3) is 0.533. The molecule has 0 bridgehead atoms. The highest BCUT2D eigenvalue weighted by atomic mass is 16.4. The topological polar surface area (TPSA) is 105 Å². The summed E-state index contributed by atoms with van der Waals surface area (Å²) in [6, 6.07) is 3.77. The minimum Gasteiger partial charge on any atom is -0.459 e. The van der Waals surface area contributed by atoms with Crippen LogP contribution in [0.25, 0.3) is 11.7 Å². The monoisotopic (exact) mass is 320 g/mol. The summed E-state index contributed by atoms with van der Waals surface area (Å²) in [6.45, 7) is 3.19. The van der Waals surface area contributed by atoms with Gasteiger partial charge in [-0.15, -0.1) is 5.10 Å². The standard InChI is InChI=1S/C15H20N4O4/c1-10-4-5-11(9-20)7-19(10)8-13(21)16-15-18-17-14(23-15)12-3-2-6-22-12/h2-3,6,10-11,20H,4-5,7-9H2,1H3,(H,16,18,21). The number of amides is 1. The molecule has 0 radical (unpaired) electrons. The number of carbonyl (C=O) groups excluding carboxylic acids is 1.